The van der Waals surface area contributed by atoms with Crippen molar-refractivity contribution < 1.29 is 4.39 Å². The molecule has 2 aromatic rings. The molecule has 0 saturated carbocycles. The van der Waals surface area contributed by atoms with Crippen molar-refractivity contribution in [2.45, 2.75) is 32.7 Å². The fourth-order valence-electron chi connectivity index (χ4n) is 2.08. The number of hydrogen-bond donors (Lipinski definition) is 2. The standard InChI is InChI=1S/C17H23FN4S/c1-12(2)16-22-15(11-23-16)10-21-17(19-3)20-8-7-13-5-4-6-14(18)9-13/h4-6,9,11-12H,7-8,10H2,1-3H3,(H2,19,20,21). The summed E-state index contributed by atoms with van der Waals surface area (Å²) in [6, 6.07) is 6.66. The molecule has 2 rings (SSSR count). The van der Waals surface area contributed by atoms with Crippen LogP contribution in [-0.4, -0.2) is 24.5 Å². The second kappa shape index (κ2) is 8.62. The number of nitrogens with one attached hydrogen (secondary N) is 2. The molecule has 1 aromatic heterocycles. The summed E-state index contributed by atoms with van der Waals surface area (Å²) in [6.07, 6.45) is 0.743. The molecule has 6 heteroatoms. The first kappa shape index (κ1) is 17.4. The van der Waals surface area contributed by atoms with E-state index in [9.17, 15) is 4.39 Å². The van der Waals surface area contributed by atoms with Crippen LogP contribution in [0.15, 0.2) is 34.6 Å². The average Bonchev–Trinajstić information content (AvgIpc) is 3.00. The molecule has 0 fully saturated rings. The minimum Gasteiger partial charge on any atom is -0.356 e. The SMILES string of the molecule is CN=C(NCCc1cccc(F)c1)NCc1csc(C(C)C)n1. The molecule has 0 unspecified atom stereocenters. The van der Waals surface area contributed by atoms with E-state index < -0.39 is 0 Å². The van der Waals surface area contributed by atoms with Crippen molar-refractivity contribution in [2.75, 3.05) is 13.6 Å². The lowest BCUT2D eigenvalue weighted by molar-refractivity contribution is 0.625. The first-order chi connectivity index (χ1) is 11.1. The number of guanidine groups is 1. The predicted octanol–water partition coefficient (Wildman–Crippen LogP) is 3.31. The van der Waals surface area contributed by atoms with Gasteiger partial charge in [-0.15, -0.1) is 11.3 Å². The summed E-state index contributed by atoms with van der Waals surface area (Å²) < 4.78 is 13.1. The predicted molar refractivity (Wildman–Crippen MR) is 94.5 cm³/mol. The van der Waals surface area contributed by atoms with Crippen molar-refractivity contribution in [2.24, 2.45) is 4.99 Å². The van der Waals surface area contributed by atoms with Crippen molar-refractivity contribution in [3.63, 3.8) is 0 Å². The highest BCUT2D eigenvalue weighted by molar-refractivity contribution is 7.09. The molecule has 2 N–H and O–H groups in total. The van der Waals surface area contributed by atoms with Crippen molar-refractivity contribution in [1.29, 1.82) is 0 Å². The van der Waals surface area contributed by atoms with Gasteiger partial charge in [-0.3, -0.25) is 4.99 Å². The van der Waals surface area contributed by atoms with Crippen LogP contribution in [0.5, 0.6) is 0 Å². The van der Waals surface area contributed by atoms with Crippen LogP contribution in [0.25, 0.3) is 0 Å². The van der Waals surface area contributed by atoms with Gasteiger partial charge >= 0.3 is 0 Å². The Morgan fingerprint density at radius 3 is 2.83 bits per heavy atom. The van der Waals surface area contributed by atoms with Gasteiger partial charge in [0.2, 0.25) is 0 Å². The molecule has 1 heterocycles. The lowest BCUT2D eigenvalue weighted by atomic mass is 10.1. The Kier molecular flexibility index (Phi) is 6.52. The van der Waals surface area contributed by atoms with Crippen molar-refractivity contribution in [3.05, 3.63) is 51.7 Å². The molecule has 23 heavy (non-hydrogen) atoms. The average molecular weight is 334 g/mol. The maximum Gasteiger partial charge on any atom is 0.191 e. The molecule has 4 nitrogen and oxygen atoms in total. The Hall–Kier alpha value is -1.95. The Morgan fingerprint density at radius 2 is 2.17 bits per heavy atom. The molecule has 0 radical (unpaired) electrons. The fourth-order valence-corrected chi connectivity index (χ4v) is 2.92. The van der Waals surface area contributed by atoms with Gasteiger partial charge < -0.3 is 10.6 Å². The van der Waals surface area contributed by atoms with Gasteiger partial charge in [-0.1, -0.05) is 26.0 Å². The van der Waals surface area contributed by atoms with Crippen LogP contribution in [0.1, 0.15) is 36.0 Å². The van der Waals surface area contributed by atoms with E-state index in [1.165, 1.54) is 6.07 Å². The van der Waals surface area contributed by atoms with Crippen LogP contribution in [0.2, 0.25) is 0 Å². The molecule has 0 saturated heterocycles. The minimum absolute atomic E-state index is 0.200. The summed E-state index contributed by atoms with van der Waals surface area (Å²) in [5, 5.41) is 9.69. The first-order valence-electron chi connectivity index (χ1n) is 7.71. The number of rotatable bonds is 6. The maximum atomic E-state index is 13.1. The largest absolute Gasteiger partial charge is 0.356 e. The van der Waals surface area contributed by atoms with Gasteiger partial charge in [0.05, 0.1) is 17.2 Å². The molecule has 0 aliphatic carbocycles. The Labute approximate surface area is 140 Å². The number of hydrogen-bond acceptors (Lipinski definition) is 3. The summed E-state index contributed by atoms with van der Waals surface area (Å²) in [6.45, 7) is 5.62. The smallest absolute Gasteiger partial charge is 0.191 e. The third kappa shape index (κ3) is 5.63. The van der Waals surface area contributed by atoms with Gasteiger partial charge in [0, 0.05) is 24.9 Å². The molecular weight excluding hydrogens is 311 g/mol. The van der Waals surface area contributed by atoms with Crippen molar-refractivity contribution in [3.8, 4) is 0 Å². The quantitative estimate of drug-likeness (QED) is 0.629. The summed E-state index contributed by atoms with van der Waals surface area (Å²) >= 11 is 1.69. The molecule has 0 aliphatic rings. The number of halogens is 1. The zero-order chi connectivity index (χ0) is 16.7. The molecular formula is C17H23FN4S. The lowest BCUT2D eigenvalue weighted by Crippen LogP contribution is -2.37. The van der Waals surface area contributed by atoms with Crippen LogP contribution in [0, 0.1) is 5.82 Å². The number of benzene rings is 1. The minimum atomic E-state index is -0.200. The van der Waals surface area contributed by atoms with Gasteiger partial charge in [0.1, 0.15) is 5.82 Å². The Bertz CT molecular complexity index is 652. The van der Waals surface area contributed by atoms with E-state index in [-0.39, 0.29) is 5.82 Å². The van der Waals surface area contributed by atoms with E-state index in [1.54, 1.807) is 30.5 Å². The van der Waals surface area contributed by atoms with Crippen molar-refractivity contribution >= 4 is 17.3 Å². The van der Waals surface area contributed by atoms with E-state index in [0.717, 1.165) is 28.6 Å². The molecule has 0 atom stereocenters. The summed E-state index contributed by atoms with van der Waals surface area (Å²) in [5.74, 6) is 0.979. The zero-order valence-electron chi connectivity index (χ0n) is 13.8. The van der Waals surface area contributed by atoms with Crippen LogP contribution >= 0.6 is 11.3 Å². The summed E-state index contributed by atoms with van der Waals surface area (Å²) in [7, 11) is 1.73. The summed E-state index contributed by atoms with van der Waals surface area (Å²) in [4.78, 5) is 8.77. The second-order valence-corrected chi connectivity index (χ2v) is 6.45. The highest BCUT2D eigenvalue weighted by Gasteiger charge is 2.06. The fraction of sp³-hybridized carbons (Fsp3) is 0.412. The maximum absolute atomic E-state index is 13.1. The second-order valence-electron chi connectivity index (χ2n) is 5.56. The monoisotopic (exact) mass is 334 g/mol. The van der Waals surface area contributed by atoms with Gasteiger partial charge in [-0.2, -0.15) is 0 Å². The number of aromatic nitrogens is 1. The Morgan fingerprint density at radius 1 is 1.35 bits per heavy atom. The van der Waals surface area contributed by atoms with Crippen LogP contribution in [-0.2, 0) is 13.0 Å². The highest BCUT2D eigenvalue weighted by Crippen LogP contribution is 2.18. The van der Waals surface area contributed by atoms with E-state index >= 15 is 0 Å². The number of thiazole rings is 1. The van der Waals surface area contributed by atoms with E-state index in [1.807, 2.05) is 6.07 Å². The Balaban J connectivity index is 1.77. The third-order valence-corrected chi connectivity index (χ3v) is 4.51. The van der Waals surface area contributed by atoms with Crippen LogP contribution in [0.3, 0.4) is 0 Å². The van der Waals surface area contributed by atoms with Gasteiger partial charge in [0.15, 0.2) is 5.96 Å². The van der Waals surface area contributed by atoms with E-state index in [2.05, 4.69) is 39.8 Å². The summed E-state index contributed by atoms with van der Waals surface area (Å²) in [5.41, 5.74) is 1.99. The molecule has 124 valence electrons. The van der Waals surface area contributed by atoms with E-state index in [0.29, 0.717) is 19.0 Å². The zero-order valence-corrected chi connectivity index (χ0v) is 14.6. The van der Waals surface area contributed by atoms with Crippen LogP contribution in [0.4, 0.5) is 4.39 Å². The normalized spacial score (nSPS) is 11.8. The van der Waals surface area contributed by atoms with E-state index in [4.69, 9.17) is 0 Å². The molecule has 1 aromatic carbocycles. The van der Waals surface area contributed by atoms with Gasteiger partial charge in [-0.05, 0) is 24.1 Å². The lowest BCUT2D eigenvalue weighted by Gasteiger charge is -2.11. The molecule has 0 aliphatic heterocycles. The van der Waals surface area contributed by atoms with Gasteiger partial charge in [0.25, 0.3) is 0 Å². The van der Waals surface area contributed by atoms with Crippen LogP contribution < -0.4 is 10.6 Å². The first-order valence-corrected chi connectivity index (χ1v) is 8.59. The molecule has 0 spiro atoms. The molecule has 0 bridgehead atoms. The third-order valence-electron chi connectivity index (χ3n) is 3.32. The van der Waals surface area contributed by atoms with Gasteiger partial charge in [-0.25, -0.2) is 9.37 Å². The topological polar surface area (TPSA) is 49.3 Å². The van der Waals surface area contributed by atoms with Crippen molar-refractivity contribution in [1.82, 2.24) is 15.6 Å². The number of nitrogens with zero attached hydrogens (tertiary/aromatic N) is 2. The number of aliphatic imine (C=N–C) groups is 1. The molecule has 0 amide bonds. The highest BCUT2D eigenvalue weighted by atomic mass is 32.1.